The van der Waals surface area contributed by atoms with Gasteiger partial charge in [0, 0.05) is 28.6 Å². The zero-order chi connectivity index (χ0) is 25.6. The van der Waals surface area contributed by atoms with Gasteiger partial charge in [0.25, 0.3) is 0 Å². The molecule has 7 rings (SSSR count). The van der Waals surface area contributed by atoms with Gasteiger partial charge in [-0.05, 0) is 54.3 Å². The van der Waals surface area contributed by atoms with E-state index in [9.17, 15) is 0 Å². The Morgan fingerprint density at radius 2 is 1.55 bits per heavy atom. The first-order valence-electron chi connectivity index (χ1n) is 13.3. The van der Waals surface area contributed by atoms with Crippen LogP contribution >= 0.6 is 0 Å². The molecule has 4 heterocycles. The minimum Gasteiger partial charge on any atom is -0.456 e. The Hall–Kier alpha value is -4.50. The van der Waals surface area contributed by atoms with Crippen LogP contribution in [-0.4, -0.2) is 0 Å². The van der Waals surface area contributed by atoms with Crippen LogP contribution in [-0.2, 0) is 13.5 Å². The average molecular weight is 495 g/mol. The van der Waals surface area contributed by atoms with Gasteiger partial charge in [-0.15, -0.1) is 0 Å². The first kappa shape index (κ1) is 22.7. The molecule has 0 saturated carbocycles. The molecule has 0 saturated heterocycles. The normalized spacial score (nSPS) is 16.3. The Morgan fingerprint density at radius 3 is 2.45 bits per heavy atom. The monoisotopic (exact) mass is 494 g/mol. The molecule has 3 nitrogen and oxygen atoms in total. The second-order valence-electron chi connectivity index (χ2n) is 10.3. The maximum Gasteiger partial charge on any atom is 0.216 e. The molecule has 3 heteroatoms. The lowest BCUT2D eigenvalue weighted by Crippen LogP contribution is -2.46. The van der Waals surface area contributed by atoms with E-state index in [0.29, 0.717) is 5.92 Å². The maximum absolute atomic E-state index is 6.24. The number of benzene rings is 3. The summed E-state index contributed by atoms with van der Waals surface area (Å²) >= 11 is 0. The third-order valence-corrected chi connectivity index (χ3v) is 8.15. The SMILES string of the molecule is C=CC1C(CCc2ccccc2-c2cc3oc4ccccc4c3c[n+]2C)c2ccccc2-c2cccc[n+]21. The van der Waals surface area contributed by atoms with Gasteiger partial charge in [-0.3, -0.25) is 0 Å². The van der Waals surface area contributed by atoms with Crippen molar-refractivity contribution in [2.24, 2.45) is 7.05 Å². The lowest BCUT2D eigenvalue weighted by atomic mass is 9.79. The zero-order valence-corrected chi connectivity index (χ0v) is 21.5. The fourth-order valence-electron chi connectivity index (χ4n) is 6.36. The number of fused-ring (bicyclic) bond motifs is 6. The Morgan fingerprint density at radius 1 is 0.789 bits per heavy atom. The Bertz CT molecular complexity index is 1830. The molecule has 6 aromatic rings. The van der Waals surface area contributed by atoms with E-state index in [0.717, 1.165) is 40.5 Å². The van der Waals surface area contributed by atoms with Crippen molar-refractivity contribution in [3.05, 3.63) is 133 Å². The van der Waals surface area contributed by atoms with Gasteiger partial charge in [-0.25, -0.2) is 4.57 Å². The van der Waals surface area contributed by atoms with Crippen molar-refractivity contribution in [1.29, 1.82) is 0 Å². The first-order chi connectivity index (χ1) is 18.7. The third-order valence-electron chi connectivity index (χ3n) is 8.15. The molecule has 2 unspecified atom stereocenters. The van der Waals surface area contributed by atoms with Crippen LogP contribution in [0.2, 0.25) is 0 Å². The summed E-state index contributed by atoms with van der Waals surface area (Å²) in [5.41, 5.74) is 9.62. The summed E-state index contributed by atoms with van der Waals surface area (Å²) in [7, 11) is 2.13. The van der Waals surface area contributed by atoms with Gasteiger partial charge in [0.05, 0.1) is 17.4 Å². The number of aromatic nitrogens is 2. The molecule has 1 aliphatic heterocycles. The molecule has 3 aromatic heterocycles. The fraction of sp³-hybridized carbons (Fsp3) is 0.143. The van der Waals surface area contributed by atoms with Crippen molar-refractivity contribution >= 4 is 21.9 Å². The highest BCUT2D eigenvalue weighted by Crippen LogP contribution is 2.41. The van der Waals surface area contributed by atoms with Crippen LogP contribution in [0.5, 0.6) is 0 Å². The molecule has 3 aromatic carbocycles. The number of allylic oxidation sites excluding steroid dienone is 1. The smallest absolute Gasteiger partial charge is 0.216 e. The third kappa shape index (κ3) is 3.58. The van der Waals surface area contributed by atoms with Gasteiger partial charge in [-0.2, -0.15) is 4.57 Å². The van der Waals surface area contributed by atoms with Gasteiger partial charge in [0.1, 0.15) is 18.2 Å². The van der Waals surface area contributed by atoms with Gasteiger partial charge in [0.15, 0.2) is 18.4 Å². The van der Waals surface area contributed by atoms with Crippen molar-refractivity contribution in [2.75, 3.05) is 0 Å². The van der Waals surface area contributed by atoms with Gasteiger partial charge < -0.3 is 4.42 Å². The molecular formula is C35H30N2O+2. The molecule has 38 heavy (non-hydrogen) atoms. The predicted octanol–water partition coefficient (Wildman–Crippen LogP) is 7.49. The van der Waals surface area contributed by atoms with Gasteiger partial charge in [-0.1, -0.05) is 61.2 Å². The minimum absolute atomic E-state index is 0.219. The van der Waals surface area contributed by atoms with Crippen molar-refractivity contribution in [1.82, 2.24) is 0 Å². The lowest BCUT2D eigenvalue weighted by Gasteiger charge is -2.29. The van der Waals surface area contributed by atoms with Gasteiger partial charge >= 0.3 is 0 Å². The highest BCUT2D eigenvalue weighted by atomic mass is 16.3. The number of hydrogen-bond donors (Lipinski definition) is 0. The summed E-state index contributed by atoms with van der Waals surface area (Å²) < 4.78 is 10.9. The van der Waals surface area contributed by atoms with E-state index in [2.05, 4.69) is 126 Å². The van der Waals surface area contributed by atoms with E-state index in [-0.39, 0.29) is 6.04 Å². The van der Waals surface area contributed by atoms with Crippen LogP contribution in [0, 0.1) is 0 Å². The van der Waals surface area contributed by atoms with Crippen LogP contribution < -0.4 is 9.13 Å². The van der Waals surface area contributed by atoms with E-state index in [4.69, 9.17) is 4.42 Å². The molecule has 0 N–H and O–H groups in total. The standard InChI is InChI=1S/C35H30N2O/c1-3-31-28(26-14-6-7-15-27(26)32-17-10-11-21-37(31)32)20-19-24-12-4-5-13-25(24)33-22-35-30(23-36(33)2)29-16-8-9-18-34(29)38-35/h3-18,21-23,28,31H,1,19-20H2,2H3/q+2. The highest BCUT2D eigenvalue weighted by molar-refractivity contribution is 6.04. The average Bonchev–Trinajstić information content (AvgIpc) is 3.33. The number of nitrogens with zero attached hydrogens (tertiary/aromatic N) is 2. The van der Waals surface area contributed by atoms with Crippen molar-refractivity contribution in [3.63, 3.8) is 0 Å². The Labute approximate surface area is 222 Å². The van der Waals surface area contributed by atoms with E-state index >= 15 is 0 Å². The van der Waals surface area contributed by atoms with Crippen LogP contribution in [0.25, 0.3) is 44.5 Å². The molecule has 0 spiro atoms. The number of hydrogen-bond acceptors (Lipinski definition) is 1. The summed E-state index contributed by atoms with van der Waals surface area (Å²) in [4.78, 5) is 0. The largest absolute Gasteiger partial charge is 0.456 e. The number of rotatable bonds is 5. The topological polar surface area (TPSA) is 20.9 Å². The molecule has 0 radical (unpaired) electrons. The van der Waals surface area contributed by atoms with Crippen LogP contribution in [0.3, 0.4) is 0 Å². The van der Waals surface area contributed by atoms with Crippen LogP contribution in [0.15, 0.2) is 127 Å². The zero-order valence-electron chi connectivity index (χ0n) is 21.5. The Kier molecular flexibility index (Phi) is 5.44. The molecule has 0 fully saturated rings. The second kappa shape index (κ2) is 9.11. The minimum atomic E-state index is 0.219. The fourth-order valence-corrected chi connectivity index (χ4v) is 6.36. The molecule has 0 aliphatic carbocycles. The van der Waals surface area contributed by atoms with E-state index < -0.39 is 0 Å². The number of aryl methyl sites for hydroxylation is 2. The van der Waals surface area contributed by atoms with Crippen molar-refractivity contribution < 1.29 is 13.6 Å². The Balaban J connectivity index is 1.27. The van der Waals surface area contributed by atoms with E-state index in [1.807, 2.05) is 12.1 Å². The summed E-state index contributed by atoms with van der Waals surface area (Å²) in [6.45, 7) is 4.25. The molecule has 184 valence electrons. The number of pyridine rings is 2. The predicted molar refractivity (Wildman–Crippen MR) is 153 cm³/mol. The second-order valence-corrected chi connectivity index (χ2v) is 10.3. The molecule has 0 amide bonds. The van der Waals surface area contributed by atoms with Crippen LogP contribution in [0.1, 0.15) is 29.5 Å². The quantitative estimate of drug-likeness (QED) is 0.180. The van der Waals surface area contributed by atoms with E-state index in [1.165, 1.54) is 27.9 Å². The highest BCUT2D eigenvalue weighted by Gasteiger charge is 2.37. The van der Waals surface area contributed by atoms with Crippen molar-refractivity contribution in [3.8, 4) is 22.5 Å². The van der Waals surface area contributed by atoms with Crippen LogP contribution in [0.4, 0.5) is 0 Å². The lowest BCUT2D eigenvalue weighted by molar-refractivity contribution is -0.707. The molecular weight excluding hydrogens is 464 g/mol. The van der Waals surface area contributed by atoms with E-state index in [1.54, 1.807) is 0 Å². The maximum atomic E-state index is 6.24. The van der Waals surface area contributed by atoms with Gasteiger partial charge in [0.2, 0.25) is 11.4 Å². The van der Waals surface area contributed by atoms with Crippen molar-refractivity contribution in [2.45, 2.75) is 24.8 Å². The number of furan rings is 1. The summed E-state index contributed by atoms with van der Waals surface area (Å²) in [6.07, 6.45) is 8.52. The number of para-hydroxylation sites is 1. The molecule has 0 bridgehead atoms. The summed E-state index contributed by atoms with van der Waals surface area (Å²) in [5.74, 6) is 0.350. The summed E-state index contributed by atoms with van der Waals surface area (Å²) in [6, 6.07) is 34.8. The summed E-state index contributed by atoms with van der Waals surface area (Å²) in [5, 5.41) is 2.30. The molecule has 1 aliphatic rings. The first-order valence-corrected chi connectivity index (χ1v) is 13.3. The molecule has 2 atom stereocenters.